The molecule has 0 aliphatic carbocycles. The quantitative estimate of drug-likeness (QED) is 0.849. The normalized spacial score (nSPS) is 13.3. The first-order valence-electron chi connectivity index (χ1n) is 6.33. The maximum atomic E-state index is 11.7. The molecule has 0 aliphatic rings. The largest absolute Gasteiger partial charge is 0.354 e. The predicted octanol–water partition coefficient (Wildman–Crippen LogP) is 2.79. The van der Waals surface area contributed by atoms with Gasteiger partial charge in [-0.2, -0.15) is 0 Å². The minimum atomic E-state index is -0.429. The minimum Gasteiger partial charge on any atom is -0.354 e. The lowest BCUT2D eigenvalue weighted by Crippen LogP contribution is -2.45. The molecule has 0 saturated carbocycles. The molecular formula is C14H22Cl2N2O. The summed E-state index contributed by atoms with van der Waals surface area (Å²) in [5.74, 6) is 0.113. The Morgan fingerprint density at radius 1 is 1.42 bits per heavy atom. The lowest BCUT2D eigenvalue weighted by molar-refractivity contribution is -0.123. The number of benzene rings is 1. The van der Waals surface area contributed by atoms with Crippen LogP contribution in [0, 0.1) is 5.92 Å². The predicted molar refractivity (Wildman–Crippen MR) is 82.8 cm³/mol. The van der Waals surface area contributed by atoms with Gasteiger partial charge in [-0.3, -0.25) is 4.79 Å². The molecule has 1 aromatic carbocycles. The van der Waals surface area contributed by atoms with Crippen molar-refractivity contribution in [3.63, 3.8) is 0 Å². The Hall–Kier alpha value is -0.770. The van der Waals surface area contributed by atoms with Gasteiger partial charge in [0.05, 0.1) is 6.04 Å². The van der Waals surface area contributed by atoms with Crippen LogP contribution < -0.4 is 11.1 Å². The second kappa shape index (κ2) is 9.18. The minimum absolute atomic E-state index is 0. The van der Waals surface area contributed by atoms with Gasteiger partial charge in [-0.15, -0.1) is 12.4 Å². The molecule has 0 saturated heterocycles. The van der Waals surface area contributed by atoms with Gasteiger partial charge in [0.25, 0.3) is 0 Å². The lowest BCUT2D eigenvalue weighted by atomic mass is 9.99. The molecule has 1 amide bonds. The molecule has 108 valence electrons. The van der Waals surface area contributed by atoms with Crippen molar-refractivity contribution >= 4 is 29.9 Å². The van der Waals surface area contributed by atoms with E-state index in [-0.39, 0.29) is 24.2 Å². The maximum Gasteiger partial charge on any atom is 0.237 e. The Kier molecular flexibility index (Phi) is 8.81. The highest BCUT2D eigenvalue weighted by molar-refractivity contribution is 6.31. The van der Waals surface area contributed by atoms with E-state index in [0.717, 1.165) is 23.4 Å². The van der Waals surface area contributed by atoms with Crippen molar-refractivity contribution in [1.82, 2.24) is 5.32 Å². The second-order valence-corrected chi connectivity index (χ2v) is 4.95. The Morgan fingerprint density at radius 3 is 2.63 bits per heavy atom. The van der Waals surface area contributed by atoms with Crippen LogP contribution in [0.1, 0.15) is 25.8 Å². The summed E-state index contributed by atoms with van der Waals surface area (Å²) in [6.07, 6.45) is 1.62. The molecule has 0 aliphatic heterocycles. The Morgan fingerprint density at radius 2 is 2.05 bits per heavy atom. The van der Waals surface area contributed by atoms with Crippen molar-refractivity contribution in [3.05, 3.63) is 34.9 Å². The van der Waals surface area contributed by atoms with Crippen molar-refractivity contribution in [2.75, 3.05) is 6.54 Å². The fourth-order valence-electron chi connectivity index (χ4n) is 1.65. The van der Waals surface area contributed by atoms with Gasteiger partial charge in [-0.1, -0.05) is 50.1 Å². The SMILES string of the molecule is CCC(C)C(N)C(=O)NCCc1ccccc1Cl.Cl. The molecule has 5 heteroatoms. The first-order chi connectivity index (χ1) is 8.56. The van der Waals surface area contributed by atoms with E-state index in [1.165, 1.54) is 0 Å². The summed E-state index contributed by atoms with van der Waals surface area (Å²) in [4.78, 5) is 11.7. The zero-order valence-electron chi connectivity index (χ0n) is 11.4. The highest BCUT2D eigenvalue weighted by Crippen LogP contribution is 2.14. The monoisotopic (exact) mass is 304 g/mol. The molecule has 0 radical (unpaired) electrons. The standard InChI is InChI=1S/C14H21ClN2O.ClH/c1-3-10(2)13(16)14(18)17-9-8-11-6-4-5-7-12(11)15;/h4-7,10,13H,3,8-9,16H2,1-2H3,(H,17,18);1H. The van der Waals surface area contributed by atoms with Crippen LogP contribution in [0.2, 0.25) is 5.02 Å². The van der Waals surface area contributed by atoms with Gasteiger partial charge in [0.2, 0.25) is 5.91 Å². The van der Waals surface area contributed by atoms with E-state index in [2.05, 4.69) is 5.32 Å². The van der Waals surface area contributed by atoms with Gasteiger partial charge < -0.3 is 11.1 Å². The van der Waals surface area contributed by atoms with Gasteiger partial charge in [-0.05, 0) is 24.0 Å². The average Bonchev–Trinajstić information content (AvgIpc) is 2.39. The fraction of sp³-hybridized carbons (Fsp3) is 0.500. The first-order valence-corrected chi connectivity index (χ1v) is 6.70. The molecule has 0 bridgehead atoms. The van der Waals surface area contributed by atoms with E-state index in [4.69, 9.17) is 17.3 Å². The molecule has 3 nitrogen and oxygen atoms in total. The first kappa shape index (κ1) is 18.2. The van der Waals surface area contributed by atoms with E-state index < -0.39 is 6.04 Å². The molecule has 1 rings (SSSR count). The topological polar surface area (TPSA) is 55.1 Å². The van der Waals surface area contributed by atoms with E-state index in [0.29, 0.717) is 6.54 Å². The fourth-order valence-corrected chi connectivity index (χ4v) is 1.88. The number of nitrogens with one attached hydrogen (secondary N) is 1. The van der Waals surface area contributed by atoms with Crippen molar-refractivity contribution < 1.29 is 4.79 Å². The summed E-state index contributed by atoms with van der Waals surface area (Å²) >= 11 is 6.04. The highest BCUT2D eigenvalue weighted by atomic mass is 35.5. The zero-order chi connectivity index (χ0) is 13.5. The molecule has 19 heavy (non-hydrogen) atoms. The van der Waals surface area contributed by atoms with Crippen LogP contribution in [-0.4, -0.2) is 18.5 Å². The Balaban J connectivity index is 0.00000324. The third-order valence-electron chi connectivity index (χ3n) is 3.21. The van der Waals surface area contributed by atoms with Gasteiger partial charge >= 0.3 is 0 Å². The molecule has 0 fully saturated rings. The number of nitrogens with two attached hydrogens (primary N) is 1. The van der Waals surface area contributed by atoms with E-state index in [1.807, 2.05) is 38.1 Å². The smallest absolute Gasteiger partial charge is 0.237 e. The summed E-state index contributed by atoms with van der Waals surface area (Å²) < 4.78 is 0. The summed E-state index contributed by atoms with van der Waals surface area (Å²) in [6, 6.07) is 7.21. The van der Waals surface area contributed by atoms with Gasteiger partial charge in [-0.25, -0.2) is 0 Å². The summed E-state index contributed by atoms with van der Waals surface area (Å²) in [6.45, 7) is 4.58. The number of carbonyl (C=O) groups excluding carboxylic acids is 1. The molecule has 1 aromatic rings. The number of hydrogen-bond acceptors (Lipinski definition) is 2. The molecular weight excluding hydrogens is 283 g/mol. The number of rotatable bonds is 6. The molecule has 0 heterocycles. The Labute approximate surface area is 126 Å². The lowest BCUT2D eigenvalue weighted by Gasteiger charge is -2.17. The van der Waals surface area contributed by atoms with Crippen molar-refractivity contribution in [1.29, 1.82) is 0 Å². The molecule has 0 spiro atoms. The summed E-state index contributed by atoms with van der Waals surface area (Å²) in [5, 5.41) is 3.59. The summed E-state index contributed by atoms with van der Waals surface area (Å²) in [5.41, 5.74) is 6.88. The average molecular weight is 305 g/mol. The van der Waals surface area contributed by atoms with E-state index in [9.17, 15) is 4.79 Å². The van der Waals surface area contributed by atoms with Crippen LogP contribution in [-0.2, 0) is 11.2 Å². The van der Waals surface area contributed by atoms with Gasteiger partial charge in [0.1, 0.15) is 0 Å². The van der Waals surface area contributed by atoms with Crippen LogP contribution in [0.4, 0.5) is 0 Å². The van der Waals surface area contributed by atoms with Crippen molar-refractivity contribution in [2.24, 2.45) is 11.7 Å². The van der Waals surface area contributed by atoms with Crippen LogP contribution in [0.15, 0.2) is 24.3 Å². The van der Waals surface area contributed by atoms with Gasteiger partial charge in [0, 0.05) is 11.6 Å². The number of amides is 1. The van der Waals surface area contributed by atoms with E-state index in [1.54, 1.807) is 0 Å². The number of hydrogen-bond donors (Lipinski definition) is 2. The maximum absolute atomic E-state index is 11.7. The third-order valence-corrected chi connectivity index (χ3v) is 3.58. The third kappa shape index (κ3) is 5.81. The number of halogens is 2. The highest BCUT2D eigenvalue weighted by Gasteiger charge is 2.18. The van der Waals surface area contributed by atoms with Crippen LogP contribution >= 0.6 is 24.0 Å². The van der Waals surface area contributed by atoms with Crippen LogP contribution in [0.25, 0.3) is 0 Å². The number of carbonyl (C=O) groups is 1. The summed E-state index contributed by atoms with van der Waals surface area (Å²) in [7, 11) is 0. The van der Waals surface area contributed by atoms with Crippen molar-refractivity contribution in [3.8, 4) is 0 Å². The molecule has 0 aromatic heterocycles. The van der Waals surface area contributed by atoms with Crippen LogP contribution in [0.3, 0.4) is 0 Å². The molecule has 2 unspecified atom stereocenters. The van der Waals surface area contributed by atoms with Crippen molar-refractivity contribution in [2.45, 2.75) is 32.7 Å². The van der Waals surface area contributed by atoms with Gasteiger partial charge in [0.15, 0.2) is 0 Å². The van der Waals surface area contributed by atoms with E-state index >= 15 is 0 Å². The zero-order valence-corrected chi connectivity index (χ0v) is 12.9. The molecule has 3 N–H and O–H groups in total. The second-order valence-electron chi connectivity index (χ2n) is 4.54. The Bertz CT molecular complexity index is 399. The van der Waals surface area contributed by atoms with Crippen LogP contribution in [0.5, 0.6) is 0 Å². The molecule has 2 atom stereocenters.